The van der Waals surface area contributed by atoms with Crippen LogP contribution in [0.15, 0.2) is 0 Å². The van der Waals surface area contributed by atoms with E-state index in [-0.39, 0.29) is 11.8 Å². The standard InChI is InChI=1S/C29H54ClN3O8/c1-28(2,3)41-27(36)33-29(12-20-39-21-13-29)26(35)32-15-10-19-37-18-9-6-11-25(34)31-16-22-40-24-23-38-17-8-5-4-7-14-30/h4-24H2,1-3H3,(H,31,34)(H,32,35)(H,33,36). The Balaban J connectivity index is 2.00. The number of hydrogen-bond donors (Lipinski definition) is 3. The highest BCUT2D eigenvalue weighted by molar-refractivity contribution is 6.17. The third-order valence-corrected chi connectivity index (χ3v) is 6.59. The summed E-state index contributed by atoms with van der Waals surface area (Å²) in [7, 11) is 0. The van der Waals surface area contributed by atoms with Crippen LogP contribution in [0.5, 0.6) is 0 Å². The molecule has 0 saturated carbocycles. The molecule has 0 aliphatic carbocycles. The second kappa shape index (κ2) is 22.9. The number of unbranched alkanes of at least 4 members (excludes halogenated alkanes) is 4. The Bertz CT molecular complexity index is 715. The summed E-state index contributed by atoms with van der Waals surface area (Å²) in [6.45, 7) is 10.4. The summed E-state index contributed by atoms with van der Waals surface area (Å²) in [5, 5.41) is 8.54. The molecule has 1 saturated heterocycles. The van der Waals surface area contributed by atoms with Gasteiger partial charge in [0.25, 0.3) is 0 Å². The van der Waals surface area contributed by atoms with Crippen LogP contribution in [0.3, 0.4) is 0 Å². The number of halogens is 1. The average molecular weight is 608 g/mol. The highest BCUT2D eigenvalue weighted by Gasteiger charge is 2.42. The minimum Gasteiger partial charge on any atom is -0.444 e. The molecular weight excluding hydrogens is 554 g/mol. The Labute approximate surface area is 251 Å². The van der Waals surface area contributed by atoms with Gasteiger partial charge in [-0.3, -0.25) is 9.59 Å². The van der Waals surface area contributed by atoms with Gasteiger partial charge in [-0.15, -0.1) is 11.6 Å². The van der Waals surface area contributed by atoms with E-state index in [0.29, 0.717) is 85.0 Å². The Kier molecular flexibility index (Phi) is 20.8. The van der Waals surface area contributed by atoms with Crippen molar-refractivity contribution in [3.63, 3.8) is 0 Å². The van der Waals surface area contributed by atoms with E-state index in [0.717, 1.165) is 51.0 Å². The fraction of sp³-hybridized carbons (Fsp3) is 0.897. The van der Waals surface area contributed by atoms with E-state index >= 15 is 0 Å². The molecule has 41 heavy (non-hydrogen) atoms. The van der Waals surface area contributed by atoms with Crippen molar-refractivity contribution in [1.29, 1.82) is 0 Å². The number of amides is 3. The number of rotatable bonds is 23. The van der Waals surface area contributed by atoms with E-state index in [1.807, 2.05) is 0 Å². The molecular formula is C29H54ClN3O8. The van der Waals surface area contributed by atoms with Crippen LogP contribution in [0, 0.1) is 0 Å². The van der Waals surface area contributed by atoms with E-state index < -0.39 is 17.2 Å². The largest absolute Gasteiger partial charge is 0.444 e. The Morgan fingerprint density at radius 3 is 2.05 bits per heavy atom. The molecule has 240 valence electrons. The number of alkyl halides is 1. The van der Waals surface area contributed by atoms with Crippen molar-refractivity contribution >= 4 is 29.5 Å². The summed E-state index contributed by atoms with van der Waals surface area (Å²) in [6.07, 6.45) is 7.17. The minimum absolute atomic E-state index is 0.00606. The van der Waals surface area contributed by atoms with Crippen LogP contribution in [-0.4, -0.2) is 101 Å². The first-order valence-electron chi connectivity index (χ1n) is 15.1. The van der Waals surface area contributed by atoms with E-state index in [1.54, 1.807) is 20.8 Å². The van der Waals surface area contributed by atoms with Crippen molar-refractivity contribution < 1.29 is 38.1 Å². The molecule has 3 amide bonds. The topological polar surface area (TPSA) is 133 Å². The first-order chi connectivity index (χ1) is 19.7. The molecule has 11 nitrogen and oxygen atoms in total. The second-order valence-corrected chi connectivity index (χ2v) is 11.6. The lowest BCUT2D eigenvalue weighted by molar-refractivity contribution is -0.131. The zero-order valence-corrected chi connectivity index (χ0v) is 26.2. The summed E-state index contributed by atoms with van der Waals surface area (Å²) in [5.41, 5.74) is -1.68. The molecule has 1 aliphatic heterocycles. The van der Waals surface area contributed by atoms with Crippen LogP contribution in [0.2, 0.25) is 0 Å². The zero-order chi connectivity index (χ0) is 30.2. The quantitative estimate of drug-likeness (QED) is 0.118. The van der Waals surface area contributed by atoms with Gasteiger partial charge in [0, 0.05) is 71.3 Å². The Hall–Kier alpha value is -1.66. The molecule has 0 aromatic carbocycles. The average Bonchev–Trinajstić information content (AvgIpc) is 2.92. The zero-order valence-electron chi connectivity index (χ0n) is 25.5. The Morgan fingerprint density at radius 2 is 1.37 bits per heavy atom. The van der Waals surface area contributed by atoms with E-state index in [2.05, 4.69) is 16.0 Å². The van der Waals surface area contributed by atoms with Crippen LogP contribution in [0.25, 0.3) is 0 Å². The molecule has 3 N–H and O–H groups in total. The van der Waals surface area contributed by atoms with Crippen molar-refractivity contribution in [3.05, 3.63) is 0 Å². The van der Waals surface area contributed by atoms with Crippen molar-refractivity contribution in [2.45, 2.75) is 96.1 Å². The minimum atomic E-state index is -1.04. The molecule has 0 aromatic rings. The summed E-state index contributed by atoms with van der Waals surface area (Å²) in [6, 6.07) is 0. The van der Waals surface area contributed by atoms with Crippen LogP contribution in [0.4, 0.5) is 4.79 Å². The van der Waals surface area contributed by atoms with Crippen LogP contribution < -0.4 is 16.0 Å². The van der Waals surface area contributed by atoms with Gasteiger partial charge in [0.15, 0.2) is 0 Å². The molecule has 0 radical (unpaired) electrons. The molecule has 1 rings (SSSR count). The maximum absolute atomic E-state index is 12.9. The van der Waals surface area contributed by atoms with Gasteiger partial charge < -0.3 is 39.6 Å². The molecule has 0 unspecified atom stereocenters. The predicted octanol–water partition coefficient (Wildman–Crippen LogP) is 3.70. The van der Waals surface area contributed by atoms with Crippen molar-refractivity contribution in [2.75, 3.05) is 71.8 Å². The molecule has 1 heterocycles. The smallest absolute Gasteiger partial charge is 0.408 e. The molecule has 1 aliphatic rings. The fourth-order valence-electron chi connectivity index (χ4n) is 4.09. The van der Waals surface area contributed by atoms with Gasteiger partial charge in [-0.25, -0.2) is 4.79 Å². The summed E-state index contributed by atoms with van der Waals surface area (Å²) in [4.78, 5) is 37.2. The molecule has 0 spiro atoms. The van der Waals surface area contributed by atoms with Gasteiger partial charge in [0.1, 0.15) is 11.1 Å². The van der Waals surface area contributed by atoms with Crippen LogP contribution in [-0.2, 0) is 33.3 Å². The van der Waals surface area contributed by atoms with Gasteiger partial charge in [0.05, 0.1) is 19.8 Å². The third-order valence-electron chi connectivity index (χ3n) is 6.33. The number of hydrogen-bond acceptors (Lipinski definition) is 8. The number of nitrogens with one attached hydrogen (secondary N) is 3. The summed E-state index contributed by atoms with van der Waals surface area (Å²) >= 11 is 5.65. The van der Waals surface area contributed by atoms with E-state index in [4.69, 9.17) is 35.3 Å². The van der Waals surface area contributed by atoms with Gasteiger partial charge in [-0.2, -0.15) is 0 Å². The van der Waals surface area contributed by atoms with Crippen LogP contribution in [0.1, 0.15) is 85.0 Å². The normalized spacial score (nSPS) is 14.8. The highest BCUT2D eigenvalue weighted by atomic mass is 35.5. The van der Waals surface area contributed by atoms with Gasteiger partial charge in [-0.1, -0.05) is 12.8 Å². The van der Waals surface area contributed by atoms with Gasteiger partial charge in [0.2, 0.25) is 11.8 Å². The second-order valence-electron chi connectivity index (χ2n) is 11.2. The predicted molar refractivity (Wildman–Crippen MR) is 158 cm³/mol. The lowest BCUT2D eigenvalue weighted by Gasteiger charge is -2.36. The molecule has 0 bridgehead atoms. The van der Waals surface area contributed by atoms with Gasteiger partial charge in [-0.05, 0) is 52.9 Å². The SMILES string of the molecule is CC(C)(C)OC(=O)NC1(C(=O)NCCCOCCCCC(=O)NCCOCCOCCCCCCCl)CCOCC1. The summed E-state index contributed by atoms with van der Waals surface area (Å²) in [5.74, 6) is 0.495. The lowest BCUT2D eigenvalue weighted by atomic mass is 9.89. The van der Waals surface area contributed by atoms with Gasteiger partial charge >= 0.3 is 6.09 Å². The Morgan fingerprint density at radius 1 is 0.756 bits per heavy atom. The first kappa shape index (κ1) is 37.4. The van der Waals surface area contributed by atoms with E-state index in [1.165, 1.54) is 0 Å². The first-order valence-corrected chi connectivity index (χ1v) is 15.6. The van der Waals surface area contributed by atoms with Crippen molar-refractivity contribution in [3.8, 4) is 0 Å². The van der Waals surface area contributed by atoms with E-state index in [9.17, 15) is 14.4 Å². The molecule has 1 fully saturated rings. The third kappa shape index (κ3) is 20.0. The lowest BCUT2D eigenvalue weighted by Crippen LogP contribution is -2.62. The number of alkyl carbamates (subject to hydrolysis) is 1. The maximum Gasteiger partial charge on any atom is 0.408 e. The van der Waals surface area contributed by atoms with Crippen molar-refractivity contribution in [2.24, 2.45) is 0 Å². The summed E-state index contributed by atoms with van der Waals surface area (Å²) < 4.78 is 27.4. The fourth-order valence-corrected chi connectivity index (χ4v) is 4.28. The number of ether oxygens (including phenoxy) is 5. The highest BCUT2D eigenvalue weighted by Crippen LogP contribution is 2.22. The molecule has 12 heteroatoms. The number of carbonyl (C=O) groups excluding carboxylic acids is 3. The maximum atomic E-state index is 12.9. The molecule has 0 aromatic heterocycles. The molecule has 0 atom stereocenters. The monoisotopic (exact) mass is 607 g/mol. The van der Waals surface area contributed by atoms with Crippen LogP contribution >= 0.6 is 11.6 Å². The van der Waals surface area contributed by atoms with Crippen molar-refractivity contribution in [1.82, 2.24) is 16.0 Å². The number of carbonyl (C=O) groups is 3.